The molecular formula is C15H34F2S. The molecule has 0 rings (SSSR count). The Bertz CT molecular complexity index is 124. The van der Waals surface area contributed by atoms with E-state index in [9.17, 15) is 8.78 Å². The zero-order valence-electron chi connectivity index (χ0n) is 13.1. The minimum atomic E-state index is -1.75. The number of hydrogen-bond donors (Lipinski definition) is 1. The molecule has 0 atom stereocenters. The summed E-state index contributed by atoms with van der Waals surface area (Å²) in [6.07, 6.45) is 9.43. The normalized spacial score (nSPS) is 10.0. The summed E-state index contributed by atoms with van der Waals surface area (Å²) in [5.41, 5.74) is 0.558. The quantitative estimate of drug-likeness (QED) is 0.477. The van der Waals surface area contributed by atoms with E-state index in [1.165, 1.54) is 44.9 Å². The lowest BCUT2D eigenvalue weighted by molar-refractivity contribution is 0.245. The Kier molecular flexibility index (Phi) is 25.3. The lowest BCUT2D eigenvalue weighted by atomic mass is 9.77. The Hall–Kier alpha value is 0.210. The number of rotatable bonds is 8. The number of alkyl halides is 2. The SMILES string of the molecule is CC.CCCCC(CS)(CCC)CCC.FCF. The minimum Gasteiger partial charge on any atom is -0.214 e. The van der Waals surface area contributed by atoms with Crippen LogP contribution in [0.2, 0.25) is 0 Å². The van der Waals surface area contributed by atoms with Crippen LogP contribution in [0.5, 0.6) is 0 Å². The van der Waals surface area contributed by atoms with Crippen LogP contribution in [0.3, 0.4) is 0 Å². The first-order valence-electron chi connectivity index (χ1n) is 7.39. The molecule has 0 amide bonds. The average molecular weight is 284 g/mol. The molecular weight excluding hydrogens is 250 g/mol. The van der Waals surface area contributed by atoms with Gasteiger partial charge >= 0.3 is 0 Å². The molecule has 0 saturated heterocycles. The Morgan fingerprint density at radius 1 is 0.833 bits per heavy atom. The van der Waals surface area contributed by atoms with Gasteiger partial charge in [-0.2, -0.15) is 12.6 Å². The third-order valence-electron chi connectivity index (χ3n) is 2.96. The summed E-state index contributed by atoms with van der Waals surface area (Å²) in [5, 5.41) is 0. The molecule has 0 aromatic carbocycles. The summed E-state index contributed by atoms with van der Waals surface area (Å²) in [7, 11) is 0. The molecule has 0 aliphatic carbocycles. The van der Waals surface area contributed by atoms with Crippen molar-refractivity contribution < 1.29 is 8.78 Å². The zero-order valence-corrected chi connectivity index (χ0v) is 14.0. The van der Waals surface area contributed by atoms with E-state index in [4.69, 9.17) is 0 Å². The first-order valence-corrected chi connectivity index (χ1v) is 8.02. The molecule has 0 aliphatic rings. The Morgan fingerprint density at radius 3 is 1.44 bits per heavy atom. The number of thiol groups is 1. The molecule has 0 aliphatic heterocycles. The van der Waals surface area contributed by atoms with Crippen LogP contribution in [0.15, 0.2) is 0 Å². The van der Waals surface area contributed by atoms with E-state index in [0.29, 0.717) is 5.41 Å². The second kappa shape index (κ2) is 19.5. The number of halogens is 2. The van der Waals surface area contributed by atoms with Gasteiger partial charge in [-0.3, -0.25) is 0 Å². The summed E-state index contributed by atoms with van der Waals surface area (Å²) in [5.74, 6) is 1.08. The van der Waals surface area contributed by atoms with Gasteiger partial charge in [0.2, 0.25) is 6.93 Å². The summed E-state index contributed by atoms with van der Waals surface area (Å²) in [6.45, 7) is 9.11. The molecule has 114 valence electrons. The van der Waals surface area contributed by atoms with Crippen molar-refractivity contribution in [3.63, 3.8) is 0 Å². The second-order valence-corrected chi connectivity index (χ2v) is 4.68. The summed E-state index contributed by atoms with van der Waals surface area (Å²) < 4.78 is 19.2. The summed E-state index contributed by atoms with van der Waals surface area (Å²) in [4.78, 5) is 0. The molecule has 0 aromatic heterocycles. The van der Waals surface area contributed by atoms with Crippen LogP contribution in [0.25, 0.3) is 0 Å². The molecule has 0 spiro atoms. The van der Waals surface area contributed by atoms with Gasteiger partial charge in [0.05, 0.1) is 0 Å². The first kappa shape index (κ1) is 23.3. The van der Waals surface area contributed by atoms with E-state index >= 15 is 0 Å². The molecule has 0 N–H and O–H groups in total. The van der Waals surface area contributed by atoms with Gasteiger partial charge in [0.15, 0.2) is 0 Å². The maximum absolute atomic E-state index is 9.62. The van der Waals surface area contributed by atoms with Crippen molar-refractivity contribution in [3.8, 4) is 0 Å². The van der Waals surface area contributed by atoms with E-state index in [2.05, 4.69) is 33.4 Å². The highest BCUT2D eigenvalue weighted by Gasteiger charge is 2.25. The molecule has 0 bridgehead atoms. The predicted molar refractivity (Wildman–Crippen MR) is 84.1 cm³/mol. The zero-order chi connectivity index (χ0) is 14.9. The summed E-state index contributed by atoms with van der Waals surface area (Å²) in [6, 6.07) is 0. The molecule has 0 radical (unpaired) electrons. The first-order chi connectivity index (χ1) is 8.66. The van der Waals surface area contributed by atoms with Gasteiger partial charge < -0.3 is 0 Å². The van der Waals surface area contributed by atoms with Gasteiger partial charge in [-0.1, -0.05) is 60.3 Å². The van der Waals surface area contributed by atoms with Crippen LogP contribution in [-0.2, 0) is 0 Å². The molecule has 3 heteroatoms. The van der Waals surface area contributed by atoms with Gasteiger partial charge in [0.25, 0.3) is 0 Å². The highest BCUT2D eigenvalue weighted by atomic mass is 32.1. The topological polar surface area (TPSA) is 0 Å². The summed E-state index contributed by atoms with van der Waals surface area (Å²) >= 11 is 4.54. The van der Waals surface area contributed by atoms with Crippen LogP contribution in [-0.4, -0.2) is 12.7 Å². The monoisotopic (exact) mass is 284 g/mol. The van der Waals surface area contributed by atoms with Gasteiger partial charge in [-0.05, 0) is 30.4 Å². The lowest BCUT2D eigenvalue weighted by Gasteiger charge is -2.32. The van der Waals surface area contributed by atoms with Crippen LogP contribution < -0.4 is 0 Å². The van der Waals surface area contributed by atoms with E-state index < -0.39 is 6.93 Å². The third-order valence-corrected chi connectivity index (χ3v) is 3.63. The molecule has 18 heavy (non-hydrogen) atoms. The highest BCUT2D eigenvalue weighted by Crippen LogP contribution is 2.36. The maximum Gasteiger partial charge on any atom is 0.229 e. The standard InChI is InChI=1S/C12H26S.C2H6.CH2F2/c1-4-7-10-12(11-13,8-5-2)9-6-3;1-2;2-1-3/h13H,4-11H2,1-3H3;1-2H3;1H2. The number of hydrogen-bond acceptors (Lipinski definition) is 1. The fourth-order valence-corrected chi connectivity index (χ4v) is 2.70. The van der Waals surface area contributed by atoms with Gasteiger partial charge in [0.1, 0.15) is 0 Å². The van der Waals surface area contributed by atoms with Crippen molar-refractivity contribution in [1.29, 1.82) is 0 Å². The van der Waals surface area contributed by atoms with Crippen LogP contribution >= 0.6 is 12.6 Å². The fourth-order valence-electron chi connectivity index (χ4n) is 2.22. The van der Waals surface area contributed by atoms with Crippen LogP contribution in [0.4, 0.5) is 8.78 Å². The molecule has 0 nitrogen and oxygen atoms in total. The second-order valence-electron chi connectivity index (χ2n) is 4.36. The van der Waals surface area contributed by atoms with Gasteiger partial charge in [0, 0.05) is 0 Å². The molecule has 0 heterocycles. The van der Waals surface area contributed by atoms with Gasteiger partial charge in [-0.15, -0.1) is 0 Å². The van der Waals surface area contributed by atoms with E-state index in [1.54, 1.807) is 0 Å². The maximum atomic E-state index is 9.62. The van der Waals surface area contributed by atoms with Crippen molar-refractivity contribution in [3.05, 3.63) is 0 Å². The van der Waals surface area contributed by atoms with E-state index in [-0.39, 0.29) is 0 Å². The fraction of sp³-hybridized carbons (Fsp3) is 1.00. The van der Waals surface area contributed by atoms with Crippen molar-refractivity contribution in [2.45, 2.75) is 79.6 Å². The Morgan fingerprint density at radius 2 is 1.22 bits per heavy atom. The van der Waals surface area contributed by atoms with Gasteiger partial charge in [-0.25, -0.2) is 8.78 Å². The lowest BCUT2D eigenvalue weighted by Crippen LogP contribution is -2.22. The smallest absolute Gasteiger partial charge is 0.214 e. The van der Waals surface area contributed by atoms with Crippen molar-refractivity contribution in [1.82, 2.24) is 0 Å². The Balaban J connectivity index is -0.000000389. The van der Waals surface area contributed by atoms with E-state index in [0.717, 1.165) is 5.75 Å². The van der Waals surface area contributed by atoms with Crippen molar-refractivity contribution in [2.75, 3.05) is 12.7 Å². The van der Waals surface area contributed by atoms with Crippen molar-refractivity contribution >= 4 is 12.6 Å². The van der Waals surface area contributed by atoms with Crippen LogP contribution in [0, 0.1) is 5.41 Å². The van der Waals surface area contributed by atoms with Crippen LogP contribution in [0.1, 0.15) is 79.6 Å². The predicted octanol–water partition coefficient (Wildman–Crippen LogP) is 6.60. The Labute approximate surface area is 119 Å². The number of unbranched alkanes of at least 4 members (excludes halogenated alkanes) is 1. The molecule has 0 saturated carbocycles. The average Bonchev–Trinajstić information content (AvgIpc) is 2.40. The largest absolute Gasteiger partial charge is 0.229 e. The van der Waals surface area contributed by atoms with Crippen molar-refractivity contribution in [2.24, 2.45) is 5.41 Å². The molecule has 0 unspecified atom stereocenters. The highest BCUT2D eigenvalue weighted by molar-refractivity contribution is 7.80. The molecule has 0 fully saturated rings. The minimum absolute atomic E-state index is 0.558. The third kappa shape index (κ3) is 14.3. The molecule has 0 aromatic rings. The van der Waals surface area contributed by atoms with E-state index in [1.807, 2.05) is 13.8 Å².